The number of nitro groups is 1. The number of rotatable bonds is 4. The standard InChI is InChI=1S/C13H17FN2O3/c14-12-4-11(5-13(6-12)16(18)19)8-15-3-1-2-10(7-15)9-17/h4-6,10,17H,1-3,7-9H2. The number of likely N-dealkylation sites (tertiary alicyclic amines) is 1. The van der Waals surface area contributed by atoms with Crippen LogP contribution in [0.5, 0.6) is 0 Å². The summed E-state index contributed by atoms with van der Waals surface area (Å²) in [5.41, 5.74) is 0.385. The lowest BCUT2D eigenvalue weighted by molar-refractivity contribution is -0.385. The Kier molecular flexibility index (Phi) is 4.44. The van der Waals surface area contributed by atoms with Crippen LogP contribution in [-0.4, -0.2) is 34.6 Å². The summed E-state index contributed by atoms with van der Waals surface area (Å²) in [7, 11) is 0. The van der Waals surface area contributed by atoms with E-state index < -0.39 is 10.7 Å². The summed E-state index contributed by atoms with van der Waals surface area (Å²) in [5, 5.41) is 19.8. The lowest BCUT2D eigenvalue weighted by Gasteiger charge is -2.31. The second kappa shape index (κ2) is 6.08. The minimum Gasteiger partial charge on any atom is -0.396 e. The van der Waals surface area contributed by atoms with Crippen LogP contribution in [0.25, 0.3) is 0 Å². The molecule has 1 heterocycles. The van der Waals surface area contributed by atoms with E-state index in [9.17, 15) is 14.5 Å². The Morgan fingerprint density at radius 2 is 2.26 bits per heavy atom. The molecule has 0 spiro atoms. The quantitative estimate of drug-likeness (QED) is 0.669. The van der Waals surface area contributed by atoms with E-state index in [0.717, 1.165) is 32.0 Å². The first-order valence-electron chi connectivity index (χ1n) is 6.35. The Morgan fingerprint density at radius 1 is 1.47 bits per heavy atom. The molecular weight excluding hydrogens is 251 g/mol. The minimum absolute atomic E-state index is 0.153. The van der Waals surface area contributed by atoms with Crippen molar-refractivity contribution in [3.63, 3.8) is 0 Å². The maximum Gasteiger partial charge on any atom is 0.272 e. The van der Waals surface area contributed by atoms with Crippen LogP contribution < -0.4 is 0 Å². The number of hydrogen-bond donors (Lipinski definition) is 1. The predicted octanol–water partition coefficient (Wildman–Crippen LogP) is 1.94. The Hall–Kier alpha value is -1.53. The van der Waals surface area contributed by atoms with E-state index in [0.29, 0.717) is 12.1 Å². The zero-order valence-corrected chi connectivity index (χ0v) is 10.6. The van der Waals surface area contributed by atoms with Crippen molar-refractivity contribution in [2.75, 3.05) is 19.7 Å². The van der Waals surface area contributed by atoms with Gasteiger partial charge >= 0.3 is 0 Å². The van der Waals surface area contributed by atoms with Gasteiger partial charge in [-0.2, -0.15) is 0 Å². The topological polar surface area (TPSA) is 66.6 Å². The third-order valence-electron chi connectivity index (χ3n) is 3.42. The van der Waals surface area contributed by atoms with Gasteiger partial charge in [-0.25, -0.2) is 4.39 Å². The fourth-order valence-corrected chi connectivity index (χ4v) is 2.53. The molecule has 104 valence electrons. The molecule has 1 aromatic carbocycles. The van der Waals surface area contributed by atoms with Gasteiger partial charge in [-0.1, -0.05) is 0 Å². The van der Waals surface area contributed by atoms with Crippen LogP contribution >= 0.6 is 0 Å². The molecule has 0 aliphatic carbocycles. The summed E-state index contributed by atoms with van der Waals surface area (Å²) in [6, 6.07) is 3.66. The molecule has 1 aliphatic heterocycles. The molecule has 2 rings (SSSR count). The first-order valence-corrected chi connectivity index (χ1v) is 6.35. The second-order valence-corrected chi connectivity index (χ2v) is 5.00. The molecule has 1 N–H and O–H groups in total. The minimum atomic E-state index is -0.584. The fourth-order valence-electron chi connectivity index (χ4n) is 2.53. The van der Waals surface area contributed by atoms with Crippen LogP contribution in [0.15, 0.2) is 18.2 Å². The van der Waals surface area contributed by atoms with Gasteiger partial charge in [0.2, 0.25) is 0 Å². The highest BCUT2D eigenvalue weighted by Crippen LogP contribution is 2.21. The Morgan fingerprint density at radius 3 is 2.95 bits per heavy atom. The molecule has 0 bridgehead atoms. The maximum atomic E-state index is 13.3. The van der Waals surface area contributed by atoms with E-state index in [1.165, 1.54) is 12.1 Å². The van der Waals surface area contributed by atoms with Crippen LogP contribution in [0.4, 0.5) is 10.1 Å². The van der Waals surface area contributed by atoms with Gasteiger partial charge in [-0.3, -0.25) is 15.0 Å². The summed E-state index contributed by atoms with van der Waals surface area (Å²) >= 11 is 0. The van der Waals surface area contributed by atoms with E-state index in [-0.39, 0.29) is 18.2 Å². The molecule has 0 radical (unpaired) electrons. The van der Waals surface area contributed by atoms with Crippen LogP contribution in [0.3, 0.4) is 0 Å². The number of benzene rings is 1. The van der Waals surface area contributed by atoms with Crippen molar-refractivity contribution in [3.05, 3.63) is 39.7 Å². The molecule has 1 aliphatic rings. The zero-order valence-electron chi connectivity index (χ0n) is 10.6. The van der Waals surface area contributed by atoms with Gasteiger partial charge in [0.05, 0.1) is 11.0 Å². The average molecular weight is 268 g/mol. The first kappa shape index (κ1) is 13.9. The Balaban J connectivity index is 2.08. The van der Waals surface area contributed by atoms with E-state index in [4.69, 9.17) is 5.11 Å². The van der Waals surface area contributed by atoms with Gasteiger partial charge in [0.1, 0.15) is 5.82 Å². The summed E-state index contributed by atoms with van der Waals surface area (Å²) in [4.78, 5) is 12.2. The smallest absolute Gasteiger partial charge is 0.272 e. The second-order valence-electron chi connectivity index (χ2n) is 5.00. The molecule has 1 aromatic rings. The van der Waals surface area contributed by atoms with Crippen molar-refractivity contribution in [3.8, 4) is 0 Å². The van der Waals surface area contributed by atoms with Gasteiger partial charge in [0.15, 0.2) is 0 Å². The fraction of sp³-hybridized carbons (Fsp3) is 0.538. The third kappa shape index (κ3) is 3.71. The van der Waals surface area contributed by atoms with E-state index in [1.807, 2.05) is 0 Å². The molecule has 19 heavy (non-hydrogen) atoms. The van der Waals surface area contributed by atoms with E-state index in [2.05, 4.69) is 4.90 Å². The summed E-state index contributed by atoms with van der Waals surface area (Å²) < 4.78 is 13.3. The van der Waals surface area contributed by atoms with Gasteiger partial charge in [-0.05, 0) is 36.9 Å². The van der Waals surface area contributed by atoms with E-state index in [1.54, 1.807) is 0 Å². The normalized spacial score (nSPS) is 20.4. The van der Waals surface area contributed by atoms with E-state index >= 15 is 0 Å². The number of nitro benzene ring substituents is 1. The molecule has 0 aromatic heterocycles. The predicted molar refractivity (Wildman–Crippen MR) is 68.1 cm³/mol. The summed E-state index contributed by atoms with van der Waals surface area (Å²) in [6.45, 7) is 2.26. The molecule has 6 heteroatoms. The molecule has 1 atom stereocenters. The average Bonchev–Trinajstić information content (AvgIpc) is 2.38. The molecule has 1 fully saturated rings. The zero-order chi connectivity index (χ0) is 13.8. The molecule has 5 nitrogen and oxygen atoms in total. The van der Waals surface area contributed by atoms with Crippen molar-refractivity contribution in [1.82, 2.24) is 4.90 Å². The van der Waals surface area contributed by atoms with Crippen molar-refractivity contribution in [2.24, 2.45) is 5.92 Å². The van der Waals surface area contributed by atoms with Gasteiger partial charge in [-0.15, -0.1) is 0 Å². The van der Waals surface area contributed by atoms with Crippen LogP contribution in [0.1, 0.15) is 18.4 Å². The number of halogens is 1. The molecule has 0 amide bonds. The number of nitrogens with zero attached hydrogens (tertiary/aromatic N) is 2. The lowest BCUT2D eigenvalue weighted by Crippen LogP contribution is -2.36. The maximum absolute atomic E-state index is 13.3. The molecule has 0 saturated carbocycles. The SMILES string of the molecule is O=[N+]([O-])c1cc(F)cc(CN2CCCC(CO)C2)c1. The highest BCUT2D eigenvalue weighted by molar-refractivity contribution is 5.35. The van der Waals surface area contributed by atoms with Gasteiger partial charge in [0, 0.05) is 25.8 Å². The third-order valence-corrected chi connectivity index (χ3v) is 3.42. The van der Waals surface area contributed by atoms with Crippen molar-refractivity contribution < 1.29 is 14.4 Å². The summed E-state index contributed by atoms with van der Waals surface area (Å²) in [6.07, 6.45) is 1.99. The number of aliphatic hydroxyl groups excluding tert-OH is 1. The number of hydrogen-bond acceptors (Lipinski definition) is 4. The number of non-ortho nitro benzene ring substituents is 1. The summed E-state index contributed by atoms with van der Waals surface area (Å²) in [5.74, 6) is -0.336. The number of aliphatic hydroxyl groups is 1. The van der Waals surface area contributed by atoms with Crippen LogP contribution in [0.2, 0.25) is 0 Å². The molecule has 1 unspecified atom stereocenters. The number of piperidine rings is 1. The van der Waals surface area contributed by atoms with Gasteiger partial charge < -0.3 is 5.11 Å². The molecular formula is C13H17FN2O3. The monoisotopic (exact) mass is 268 g/mol. The lowest BCUT2D eigenvalue weighted by atomic mass is 9.98. The largest absolute Gasteiger partial charge is 0.396 e. The van der Waals surface area contributed by atoms with Gasteiger partial charge in [0.25, 0.3) is 5.69 Å². The first-order chi connectivity index (χ1) is 9.08. The van der Waals surface area contributed by atoms with Crippen molar-refractivity contribution in [1.29, 1.82) is 0 Å². The Bertz CT molecular complexity index is 467. The van der Waals surface area contributed by atoms with Crippen molar-refractivity contribution in [2.45, 2.75) is 19.4 Å². The van der Waals surface area contributed by atoms with Crippen LogP contribution in [0, 0.1) is 21.8 Å². The highest BCUT2D eigenvalue weighted by Gasteiger charge is 2.20. The van der Waals surface area contributed by atoms with Crippen LogP contribution in [-0.2, 0) is 6.54 Å². The van der Waals surface area contributed by atoms with Crippen molar-refractivity contribution >= 4 is 5.69 Å². The Labute approximate surface area is 110 Å². The highest BCUT2D eigenvalue weighted by atomic mass is 19.1. The molecule has 1 saturated heterocycles.